The van der Waals surface area contributed by atoms with Crippen molar-refractivity contribution in [3.05, 3.63) is 29.0 Å². The predicted molar refractivity (Wildman–Crippen MR) is 83.1 cm³/mol. The fraction of sp³-hybridized carbons (Fsp3) is 0.533. The smallest absolute Gasteiger partial charge is 0.125 e. The summed E-state index contributed by atoms with van der Waals surface area (Å²) >= 11 is 12.1. The highest BCUT2D eigenvalue weighted by molar-refractivity contribution is 6.31. The molecule has 0 spiro atoms. The zero-order valence-corrected chi connectivity index (χ0v) is 13.2. The molecule has 1 unspecified atom stereocenters. The average molecular weight is 299 g/mol. The highest BCUT2D eigenvalue weighted by Gasteiger charge is 2.15. The lowest BCUT2D eigenvalue weighted by Gasteiger charge is -2.18. The molecular formula is C15H20Cl2N2. The summed E-state index contributed by atoms with van der Waals surface area (Å²) < 4.78 is 2.25. The maximum atomic E-state index is 6.03. The number of hydrogen-bond acceptors (Lipinski definition) is 1. The van der Waals surface area contributed by atoms with Crippen molar-refractivity contribution in [2.45, 2.75) is 45.5 Å². The van der Waals surface area contributed by atoms with Gasteiger partial charge in [-0.1, -0.05) is 25.4 Å². The Kier molecular flexibility index (Phi) is 4.75. The highest BCUT2D eigenvalue weighted by atomic mass is 35.5. The molecule has 0 bridgehead atoms. The van der Waals surface area contributed by atoms with E-state index in [-0.39, 0.29) is 0 Å². The third-order valence-corrected chi connectivity index (χ3v) is 3.92. The predicted octanol–water partition coefficient (Wildman–Crippen LogP) is 5.43. The Balaban J connectivity index is 2.39. The molecule has 0 amide bonds. The van der Waals surface area contributed by atoms with E-state index in [1.165, 1.54) is 6.42 Å². The molecule has 0 aliphatic rings. The van der Waals surface area contributed by atoms with Gasteiger partial charge < -0.3 is 4.57 Å². The fourth-order valence-electron chi connectivity index (χ4n) is 2.41. The number of rotatable bonds is 5. The zero-order valence-electron chi connectivity index (χ0n) is 11.7. The van der Waals surface area contributed by atoms with Gasteiger partial charge in [-0.25, -0.2) is 4.98 Å². The van der Waals surface area contributed by atoms with Crippen LogP contribution in [0.4, 0.5) is 0 Å². The van der Waals surface area contributed by atoms with Crippen LogP contribution in [0.3, 0.4) is 0 Å². The monoisotopic (exact) mass is 298 g/mol. The van der Waals surface area contributed by atoms with Gasteiger partial charge in [-0.15, -0.1) is 11.6 Å². The van der Waals surface area contributed by atoms with E-state index < -0.39 is 0 Å². The standard InChI is InChI=1S/C15H20Cl2N2/c1-10(2)4-5-11(3)19-14-7-6-12(17)8-13(14)18-15(19)9-16/h6-8,10-11H,4-5,9H2,1-3H3. The summed E-state index contributed by atoms with van der Waals surface area (Å²) in [5.41, 5.74) is 2.05. The summed E-state index contributed by atoms with van der Waals surface area (Å²) in [4.78, 5) is 4.59. The Morgan fingerprint density at radius 1 is 1.21 bits per heavy atom. The number of hydrogen-bond donors (Lipinski definition) is 0. The molecule has 1 heterocycles. The molecule has 0 saturated carbocycles. The molecule has 0 N–H and O–H groups in total. The number of benzene rings is 1. The van der Waals surface area contributed by atoms with Crippen LogP contribution in [0.1, 0.15) is 45.5 Å². The van der Waals surface area contributed by atoms with E-state index >= 15 is 0 Å². The maximum Gasteiger partial charge on any atom is 0.125 e. The lowest BCUT2D eigenvalue weighted by molar-refractivity contribution is 0.440. The lowest BCUT2D eigenvalue weighted by atomic mass is 10.0. The summed E-state index contributed by atoms with van der Waals surface area (Å²) in [6.07, 6.45) is 2.34. The zero-order chi connectivity index (χ0) is 14.0. The lowest BCUT2D eigenvalue weighted by Crippen LogP contribution is -2.09. The van der Waals surface area contributed by atoms with Gasteiger partial charge in [-0.3, -0.25) is 0 Å². The van der Waals surface area contributed by atoms with Crippen molar-refractivity contribution < 1.29 is 0 Å². The second kappa shape index (κ2) is 6.15. The first-order valence-corrected chi connectivity index (χ1v) is 7.66. The van der Waals surface area contributed by atoms with Gasteiger partial charge in [-0.05, 0) is 43.9 Å². The number of fused-ring (bicyclic) bond motifs is 1. The van der Waals surface area contributed by atoms with Crippen molar-refractivity contribution in [2.75, 3.05) is 0 Å². The first-order valence-electron chi connectivity index (χ1n) is 6.75. The Morgan fingerprint density at radius 2 is 1.95 bits per heavy atom. The highest BCUT2D eigenvalue weighted by Crippen LogP contribution is 2.27. The Labute approximate surface area is 124 Å². The minimum atomic E-state index is 0.405. The van der Waals surface area contributed by atoms with Gasteiger partial charge in [0, 0.05) is 11.1 Å². The molecular weight excluding hydrogens is 279 g/mol. The van der Waals surface area contributed by atoms with Gasteiger partial charge in [0.05, 0.1) is 16.9 Å². The largest absolute Gasteiger partial charge is 0.324 e. The van der Waals surface area contributed by atoms with Crippen LogP contribution in [0.15, 0.2) is 18.2 Å². The molecule has 0 fully saturated rings. The Morgan fingerprint density at radius 3 is 2.58 bits per heavy atom. The van der Waals surface area contributed by atoms with Gasteiger partial charge in [0.15, 0.2) is 0 Å². The molecule has 0 aliphatic heterocycles. The first-order chi connectivity index (χ1) is 9.02. The number of aromatic nitrogens is 2. The van der Waals surface area contributed by atoms with Crippen LogP contribution in [0.5, 0.6) is 0 Å². The van der Waals surface area contributed by atoms with Crippen molar-refractivity contribution in [1.29, 1.82) is 0 Å². The molecule has 0 saturated heterocycles. The minimum Gasteiger partial charge on any atom is -0.324 e. The van der Waals surface area contributed by atoms with E-state index in [1.54, 1.807) is 0 Å². The van der Waals surface area contributed by atoms with E-state index in [2.05, 4.69) is 30.3 Å². The van der Waals surface area contributed by atoms with E-state index in [1.807, 2.05) is 18.2 Å². The fourth-order valence-corrected chi connectivity index (χ4v) is 2.77. The molecule has 19 heavy (non-hydrogen) atoms. The van der Waals surface area contributed by atoms with Crippen molar-refractivity contribution in [3.8, 4) is 0 Å². The normalized spacial score (nSPS) is 13.4. The molecule has 0 radical (unpaired) electrons. The van der Waals surface area contributed by atoms with Gasteiger partial charge in [0.1, 0.15) is 5.82 Å². The number of nitrogens with zero attached hydrogens (tertiary/aromatic N) is 2. The number of halogens is 2. The SMILES string of the molecule is CC(C)CCC(C)n1c(CCl)nc2cc(Cl)ccc21. The van der Waals surface area contributed by atoms with Crippen molar-refractivity contribution >= 4 is 34.2 Å². The number of alkyl halides is 1. The molecule has 1 aromatic heterocycles. The van der Waals surface area contributed by atoms with Crippen molar-refractivity contribution in [1.82, 2.24) is 9.55 Å². The van der Waals surface area contributed by atoms with E-state index in [0.717, 1.165) is 23.3 Å². The van der Waals surface area contributed by atoms with Crippen LogP contribution < -0.4 is 0 Å². The summed E-state index contributed by atoms with van der Waals surface area (Å²) in [5, 5.41) is 0.716. The van der Waals surface area contributed by atoms with Gasteiger partial charge in [0.25, 0.3) is 0 Å². The summed E-state index contributed by atoms with van der Waals surface area (Å²) in [7, 11) is 0. The average Bonchev–Trinajstić information content (AvgIpc) is 2.73. The van der Waals surface area contributed by atoms with Gasteiger partial charge in [0.2, 0.25) is 0 Å². The quantitative estimate of drug-likeness (QED) is 0.673. The molecule has 2 rings (SSSR count). The molecule has 4 heteroatoms. The third-order valence-electron chi connectivity index (χ3n) is 3.45. The number of imidazole rings is 1. The van der Waals surface area contributed by atoms with Crippen LogP contribution in [-0.2, 0) is 5.88 Å². The first kappa shape index (κ1) is 14.7. The Hall–Kier alpha value is -0.730. The molecule has 0 aliphatic carbocycles. The maximum absolute atomic E-state index is 6.03. The topological polar surface area (TPSA) is 17.8 Å². The summed E-state index contributed by atoms with van der Waals surface area (Å²) in [6, 6.07) is 6.25. The molecule has 1 atom stereocenters. The van der Waals surface area contributed by atoms with Crippen LogP contribution in [0, 0.1) is 5.92 Å². The van der Waals surface area contributed by atoms with Crippen molar-refractivity contribution in [2.24, 2.45) is 5.92 Å². The second-order valence-electron chi connectivity index (χ2n) is 5.48. The minimum absolute atomic E-state index is 0.405. The summed E-state index contributed by atoms with van der Waals surface area (Å²) in [5.74, 6) is 2.07. The van der Waals surface area contributed by atoms with E-state index in [0.29, 0.717) is 22.9 Å². The molecule has 1 aromatic carbocycles. The van der Waals surface area contributed by atoms with Crippen LogP contribution in [0.25, 0.3) is 11.0 Å². The van der Waals surface area contributed by atoms with Crippen LogP contribution in [0.2, 0.25) is 5.02 Å². The van der Waals surface area contributed by atoms with Crippen molar-refractivity contribution in [3.63, 3.8) is 0 Å². The molecule has 2 nitrogen and oxygen atoms in total. The Bertz CT molecular complexity index is 561. The molecule has 104 valence electrons. The van der Waals surface area contributed by atoms with E-state index in [9.17, 15) is 0 Å². The van der Waals surface area contributed by atoms with Gasteiger partial charge in [-0.2, -0.15) is 0 Å². The third kappa shape index (κ3) is 3.24. The summed E-state index contributed by atoms with van der Waals surface area (Å²) in [6.45, 7) is 6.73. The van der Waals surface area contributed by atoms with Gasteiger partial charge >= 0.3 is 0 Å². The van der Waals surface area contributed by atoms with E-state index in [4.69, 9.17) is 23.2 Å². The molecule has 2 aromatic rings. The second-order valence-corrected chi connectivity index (χ2v) is 6.19. The van der Waals surface area contributed by atoms with Crippen LogP contribution in [-0.4, -0.2) is 9.55 Å². The van der Waals surface area contributed by atoms with Crippen LogP contribution >= 0.6 is 23.2 Å².